The molecule has 3 N–H and O–H groups in total. The molecule has 0 unspecified atom stereocenters. The van der Waals surface area contributed by atoms with Gasteiger partial charge >= 0.3 is 0 Å². The van der Waals surface area contributed by atoms with Crippen LogP contribution in [0.4, 0.5) is 0 Å². The summed E-state index contributed by atoms with van der Waals surface area (Å²) in [5.41, 5.74) is 7.22. The molecule has 1 aromatic rings. The first-order valence-electron chi connectivity index (χ1n) is 6.73. The molecule has 0 aliphatic carbocycles. The Hall–Kier alpha value is -1.35. The third-order valence-electron chi connectivity index (χ3n) is 3.01. The van der Waals surface area contributed by atoms with Crippen LogP contribution in [-0.4, -0.2) is 11.4 Å². The van der Waals surface area contributed by atoms with Crippen molar-refractivity contribution >= 4 is 5.91 Å². The molecule has 0 aliphatic rings. The summed E-state index contributed by atoms with van der Waals surface area (Å²) in [4.78, 5) is 11.4. The van der Waals surface area contributed by atoms with E-state index in [1.165, 1.54) is 0 Å². The maximum absolute atomic E-state index is 11.4. The first kappa shape index (κ1) is 15.7. The molecule has 0 saturated heterocycles. The number of hydrogen-bond donors (Lipinski definition) is 2. The van der Waals surface area contributed by atoms with Gasteiger partial charge in [-0.25, -0.2) is 0 Å². The van der Waals surface area contributed by atoms with Gasteiger partial charge in [0, 0.05) is 17.6 Å². The van der Waals surface area contributed by atoms with Gasteiger partial charge in [-0.05, 0) is 37.3 Å². The van der Waals surface area contributed by atoms with Crippen LogP contribution in [0, 0.1) is 5.41 Å². The maximum Gasteiger partial charge on any atom is 0.249 e. The van der Waals surface area contributed by atoms with E-state index in [-0.39, 0.29) is 16.9 Å². The lowest BCUT2D eigenvalue weighted by Gasteiger charge is -2.33. The van der Waals surface area contributed by atoms with Crippen LogP contribution in [0.3, 0.4) is 0 Å². The molecule has 0 heterocycles. The number of benzene rings is 1. The van der Waals surface area contributed by atoms with E-state index in [0.717, 1.165) is 12.0 Å². The van der Waals surface area contributed by atoms with Crippen LogP contribution in [-0.2, 0) is 6.54 Å². The van der Waals surface area contributed by atoms with Crippen LogP contribution in [0.5, 0.6) is 0 Å². The largest absolute Gasteiger partial charge is 0.366 e. The Kier molecular flexibility index (Phi) is 4.75. The Bertz CT molecular complexity index is 444. The van der Waals surface area contributed by atoms with Gasteiger partial charge < -0.3 is 11.1 Å². The summed E-state index contributed by atoms with van der Waals surface area (Å²) in [6.45, 7) is 11.7. The molecule has 0 aromatic heterocycles. The van der Waals surface area contributed by atoms with E-state index in [1.807, 2.05) is 18.2 Å². The Morgan fingerprint density at radius 3 is 2.26 bits per heavy atom. The molecule has 0 fully saturated rings. The fourth-order valence-corrected chi connectivity index (χ4v) is 2.64. The van der Waals surface area contributed by atoms with Crippen molar-refractivity contribution in [2.24, 2.45) is 11.1 Å². The SMILES string of the molecule is CC(C)(C)CC(C)(C)NCc1ccccc1C(N)=O. The van der Waals surface area contributed by atoms with Crippen molar-refractivity contribution in [2.45, 2.75) is 53.1 Å². The van der Waals surface area contributed by atoms with Gasteiger partial charge in [-0.1, -0.05) is 39.0 Å². The third kappa shape index (κ3) is 5.43. The van der Waals surface area contributed by atoms with E-state index in [2.05, 4.69) is 39.9 Å². The van der Waals surface area contributed by atoms with E-state index in [0.29, 0.717) is 12.1 Å². The molecule has 106 valence electrons. The first-order valence-corrected chi connectivity index (χ1v) is 6.73. The summed E-state index contributed by atoms with van der Waals surface area (Å²) in [7, 11) is 0. The highest BCUT2D eigenvalue weighted by Crippen LogP contribution is 2.27. The van der Waals surface area contributed by atoms with Crippen molar-refractivity contribution in [1.82, 2.24) is 5.32 Å². The van der Waals surface area contributed by atoms with Crippen molar-refractivity contribution < 1.29 is 4.79 Å². The van der Waals surface area contributed by atoms with Gasteiger partial charge in [-0.15, -0.1) is 0 Å². The number of primary amides is 1. The fourth-order valence-electron chi connectivity index (χ4n) is 2.64. The molecule has 0 atom stereocenters. The molecular weight excluding hydrogens is 236 g/mol. The van der Waals surface area contributed by atoms with E-state index in [4.69, 9.17) is 5.73 Å². The predicted molar refractivity (Wildman–Crippen MR) is 80.0 cm³/mol. The Morgan fingerprint density at radius 2 is 1.74 bits per heavy atom. The van der Waals surface area contributed by atoms with Crippen LogP contribution in [0.25, 0.3) is 0 Å². The molecule has 0 saturated carbocycles. The van der Waals surface area contributed by atoms with E-state index < -0.39 is 0 Å². The average Bonchev–Trinajstić information content (AvgIpc) is 2.23. The summed E-state index contributed by atoms with van der Waals surface area (Å²) in [5.74, 6) is -0.369. The Balaban J connectivity index is 2.74. The molecule has 1 rings (SSSR count). The topological polar surface area (TPSA) is 55.1 Å². The Labute approximate surface area is 116 Å². The minimum Gasteiger partial charge on any atom is -0.366 e. The molecule has 3 heteroatoms. The first-order chi connectivity index (χ1) is 8.61. The van der Waals surface area contributed by atoms with Crippen LogP contribution in [0.2, 0.25) is 0 Å². The molecule has 0 spiro atoms. The summed E-state index contributed by atoms with van der Waals surface area (Å²) in [6.07, 6.45) is 1.05. The summed E-state index contributed by atoms with van der Waals surface area (Å²) in [6, 6.07) is 7.49. The maximum atomic E-state index is 11.4. The molecule has 1 aromatic carbocycles. The number of carbonyl (C=O) groups is 1. The van der Waals surface area contributed by atoms with E-state index >= 15 is 0 Å². The number of amides is 1. The van der Waals surface area contributed by atoms with Crippen molar-refractivity contribution in [1.29, 1.82) is 0 Å². The van der Waals surface area contributed by atoms with Gasteiger partial charge in [0.25, 0.3) is 0 Å². The lowest BCUT2D eigenvalue weighted by molar-refractivity contribution is 0.0999. The number of nitrogens with one attached hydrogen (secondary N) is 1. The molecular formula is C16H26N2O. The molecule has 3 nitrogen and oxygen atoms in total. The number of carbonyl (C=O) groups excluding carboxylic acids is 1. The second kappa shape index (κ2) is 5.74. The smallest absolute Gasteiger partial charge is 0.249 e. The lowest BCUT2D eigenvalue weighted by Crippen LogP contribution is -2.42. The zero-order valence-corrected chi connectivity index (χ0v) is 12.7. The van der Waals surface area contributed by atoms with Gasteiger partial charge in [-0.2, -0.15) is 0 Å². The predicted octanol–water partition coefficient (Wildman–Crippen LogP) is 3.09. The van der Waals surface area contributed by atoms with Crippen molar-refractivity contribution in [3.05, 3.63) is 35.4 Å². The molecule has 0 radical (unpaired) electrons. The quantitative estimate of drug-likeness (QED) is 0.856. The van der Waals surface area contributed by atoms with E-state index in [1.54, 1.807) is 6.07 Å². The summed E-state index contributed by atoms with van der Waals surface area (Å²) >= 11 is 0. The van der Waals surface area contributed by atoms with Gasteiger partial charge in [0.15, 0.2) is 0 Å². The molecule has 0 aliphatic heterocycles. The average molecular weight is 262 g/mol. The van der Waals surface area contributed by atoms with Crippen molar-refractivity contribution in [3.63, 3.8) is 0 Å². The lowest BCUT2D eigenvalue weighted by atomic mass is 9.81. The van der Waals surface area contributed by atoms with Crippen LogP contribution in [0.1, 0.15) is 57.0 Å². The minimum absolute atomic E-state index is 0.0169. The van der Waals surface area contributed by atoms with Crippen LogP contribution >= 0.6 is 0 Å². The molecule has 0 bridgehead atoms. The highest BCUT2D eigenvalue weighted by atomic mass is 16.1. The third-order valence-corrected chi connectivity index (χ3v) is 3.01. The normalized spacial score (nSPS) is 12.5. The minimum atomic E-state index is -0.369. The van der Waals surface area contributed by atoms with Gasteiger partial charge in [0.2, 0.25) is 5.91 Å². The highest BCUT2D eigenvalue weighted by Gasteiger charge is 2.25. The van der Waals surface area contributed by atoms with Crippen LogP contribution < -0.4 is 11.1 Å². The fraction of sp³-hybridized carbons (Fsp3) is 0.562. The summed E-state index contributed by atoms with van der Waals surface area (Å²) < 4.78 is 0. The number of hydrogen-bond acceptors (Lipinski definition) is 2. The Morgan fingerprint density at radius 1 is 1.16 bits per heavy atom. The van der Waals surface area contributed by atoms with E-state index in [9.17, 15) is 4.79 Å². The van der Waals surface area contributed by atoms with Gasteiger partial charge in [0.05, 0.1) is 0 Å². The molecule has 19 heavy (non-hydrogen) atoms. The van der Waals surface area contributed by atoms with Gasteiger partial charge in [0.1, 0.15) is 0 Å². The second-order valence-electron chi connectivity index (χ2n) is 7.00. The zero-order chi connectivity index (χ0) is 14.7. The van der Waals surface area contributed by atoms with Gasteiger partial charge in [-0.3, -0.25) is 4.79 Å². The molecule has 1 amide bonds. The van der Waals surface area contributed by atoms with Crippen LogP contribution in [0.15, 0.2) is 24.3 Å². The monoisotopic (exact) mass is 262 g/mol. The number of nitrogens with two attached hydrogens (primary N) is 1. The second-order valence-corrected chi connectivity index (χ2v) is 7.00. The summed E-state index contributed by atoms with van der Waals surface area (Å²) in [5, 5.41) is 3.52. The highest BCUT2D eigenvalue weighted by molar-refractivity contribution is 5.94. The standard InChI is InChI=1S/C16H26N2O/c1-15(2,3)11-16(4,5)18-10-12-8-6-7-9-13(12)14(17)19/h6-9,18H,10-11H2,1-5H3,(H2,17,19). The van der Waals surface area contributed by atoms with Crippen molar-refractivity contribution in [2.75, 3.05) is 0 Å². The number of rotatable bonds is 5. The zero-order valence-electron chi connectivity index (χ0n) is 12.7. The van der Waals surface area contributed by atoms with Crippen molar-refractivity contribution in [3.8, 4) is 0 Å².